The van der Waals surface area contributed by atoms with E-state index in [1.165, 1.54) is 0 Å². The summed E-state index contributed by atoms with van der Waals surface area (Å²) in [4.78, 5) is 0. The smallest absolute Gasteiger partial charge is 0.182 e. The fourth-order valence-corrected chi connectivity index (χ4v) is 4.90. The molecule has 0 spiro atoms. The van der Waals surface area contributed by atoms with Crippen molar-refractivity contribution in [2.75, 3.05) is 0 Å². The average molecular weight is 688 g/mol. The minimum atomic E-state index is -3.79. The largest absolute Gasteiger partial charge is 0.234 e. The third-order valence-corrected chi connectivity index (χ3v) is 7.28. The maximum Gasteiger partial charge on any atom is 0.182 e. The second-order valence-corrected chi connectivity index (χ2v) is 9.81. The number of hydrogen-bond acceptors (Lipinski definition) is 6. The van der Waals surface area contributed by atoms with E-state index in [9.17, 15) is 37.7 Å². The third kappa shape index (κ3) is 4.78. The number of alkyl halides is 1. The van der Waals surface area contributed by atoms with E-state index in [1.54, 1.807) is 0 Å². The van der Waals surface area contributed by atoms with Crippen LogP contribution >= 0.6 is 0 Å². The summed E-state index contributed by atoms with van der Waals surface area (Å²) in [5.41, 5.74) is -23.2. The summed E-state index contributed by atoms with van der Waals surface area (Å²) in [6, 6.07) is 5.41. The lowest BCUT2D eigenvalue weighted by atomic mass is 9.80. The van der Waals surface area contributed by atoms with Gasteiger partial charge in [-0.15, -0.1) is 0 Å². The average Bonchev–Trinajstić information content (AvgIpc) is 3.78. The van der Waals surface area contributed by atoms with Crippen LogP contribution in [0.15, 0.2) is 45.3 Å². The molecule has 1 saturated carbocycles. The van der Waals surface area contributed by atoms with Crippen molar-refractivity contribution >= 4 is 11.1 Å². The van der Waals surface area contributed by atoms with E-state index in [-0.39, 0.29) is 6.92 Å². The standard InChI is InChI=1S/C31H4F12N6/c1-31(43)13(7-49)24(36)29(41)19(30(31)42)10(4-46)16-14(8(2-44)17-25(37)20(32)11(5-47)21(33)26(17)38)15(16)9(3-45)18-27(39)22(34)12(6-48)23(35)28(18)40/h13H,1H3. The summed E-state index contributed by atoms with van der Waals surface area (Å²) in [5.74, 6) is -29.9. The van der Waals surface area contributed by atoms with Crippen LogP contribution in [0.2, 0.25) is 0 Å². The fourth-order valence-electron chi connectivity index (χ4n) is 4.90. The molecule has 4 rings (SSSR count). The summed E-state index contributed by atoms with van der Waals surface area (Å²) < 4.78 is 179. The molecular formula is C31H4F12N6. The zero-order valence-corrected chi connectivity index (χ0v) is 23.3. The van der Waals surface area contributed by atoms with Crippen molar-refractivity contribution in [3.05, 3.63) is 114 Å². The maximum atomic E-state index is 15.5. The molecule has 0 aromatic heterocycles. The van der Waals surface area contributed by atoms with Gasteiger partial charge in [-0.3, -0.25) is 0 Å². The summed E-state index contributed by atoms with van der Waals surface area (Å²) in [5, 5.41) is 56.4. The quantitative estimate of drug-likeness (QED) is 0.182. The molecule has 6 nitrogen and oxygen atoms in total. The Kier molecular flexibility index (Phi) is 8.68. The summed E-state index contributed by atoms with van der Waals surface area (Å²) in [6.45, 7) is 0.198. The van der Waals surface area contributed by atoms with E-state index < -0.39 is 137 Å². The molecule has 2 atom stereocenters. The van der Waals surface area contributed by atoms with Crippen LogP contribution in [-0.4, -0.2) is 5.67 Å². The van der Waals surface area contributed by atoms with E-state index in [4.69, 9.17) is 15.8 Å². The lowest BCUT2D eigenvalue weighted by molar-refractivity contribution is 0.139. The second-order valence-electron chi connectivity index (χ2n) is 9.81. The number of halogens is 12. The highest BCUT2D eigenvalue weighted by Gasteiger charge is 2.53. The van der Waals surface area contributed by atoms with Crippen LogP contribution in [-0.2, 0) is 0 Å². The van der Waals surface area contributed by atoms with Crippen molar-refractivity contribution in [2.24, 2.45) is 5.92 Å². The Labute approximate surface area is 264 Å². The van der Waals surface area contributed by atoms with E-state index in [0.29, 0.717) is 0 Å². The van der Waals surface area contributed by atoms with Crippen LogP contribution in [0.5, 0.6) is 0 Å². The van der Waals surface area contributed by atoms with Crippen molar-refractivity contribution in [2.45, 2.75) is 12.6 Å². The predicted molar refractivity (Wildman–Crippen MR) is 136 cm³/mol. The molecule has 0 amide bonds. The fraction of sp³-hybridized carbons (Fsp3) is 0.0968. The number of hydrogen-bond donors (Lipinski definition) is 0. The Hall–Kier alpha value is -6.76. The molecule has 0 aliphatic heterocycles. The van der Waals surface area contributed by atoms with Crippen LogP contribution in [0, 0.1) is 120 Å². The third-order valence-electron chi connectivity index (χ3n) is 7.28. The van der Waals surface area contributed by atoms with Crippen LogP contribution in [0.1, 0.15) is 29.2 Å². The van der Waals surface area contributed by atoms with Crippen LogP contribution in [0.4, 0.5) is 52.7 Å². The molecule has 0 saturated heterocycles. The van der Waals surface area contributed by atoms with E-state index >= 15 is 30.7 Å². The van der Waals surface area contributed by atoms with Gasteiger partial charge in [0, 0.05) is 16.7 Å². The Morgan fingerprint density at radius 3 is 1.14 bits per heavy atom. The number of rotatable bonds is 3. The molecule has 242 valence electrons. The molecule has 0 N–H and O–H groups in total. The van der Waals surface area contributed by atoms with Gasteiger partial charge in [-0.05, 0) is 6.92 Å². The van der Waals surface area contributed by atoms with Crippen molar-refractivity contribution in [3.8, 4) is 36.4 Å². The van der Waals surface area contributed by atoms with Gasteiger partial charge in [0.1, 0.15) is 47.4 Å². The number of benzene rings is 2. The highest BCUT2D eigenvalue weighted by Crippen LogP contribution is 2.58. The molecule has 2 aromatic carbocycles. The van der Waals surface area contributed by atoms with Gasteiger partial charge in [0.2, 0.25) is 0 Å². The highest BCUT2D eigenvalue weighted by molar-refractivity contribution is 6.07. The van der Waals surface area contributed by atoms with Crippen LogP contribution < -0.4 is 0 Å². The van der Waals surface area contributed by atoms with E-state index in [0.717, 1.165) is 36.4 Å². The van der Waals surface area contributed by atoms with E-state index in [2.05, 4.69) is 0 Å². The second kappa shape index (κ2) is 12.1. The SMILES string of the molecule is CC1(F)C(F)=C(C(C#N)=C2C(=C(C#N)c3c(F)c(F)c(C#N)c(F)c3F)C2=C(C#N)c2c(F)c(F)c(C#N)c(F)c2F)C(F)=C(F)C1C#N. The zero-order valence-electron chi connectivity index (χ0n) is 23.3. The predicted octanol–water partition coefficient (Wildman–Crippen LogP) is 7.89. The van der Waals surface area contributed by atoms with Crippen molar-refractivity contribution in [3.63, 3.8) is 0 Å². The Balaban J connectivity index is 2.36. The van der Waals surface area contributed by atoms with Gasteiger partial charge in [0.15, 0.2) is 69.7 Å². The van der Waals surface area contributed by atoms with Crippen molar-refractivity contribution in [1.82, 2.24) is 0 Å². The summed E-state index contributed by atoms with van der Waals surface area (Å²) in [6.07, 6.45) is 0. The molecule has 49 heavy (non-hydrogen) atoms. The number of nitrogens with zero attached hydrogens (tertiary/aromatic N) is 6. The molecule has 0 heterocycles. The monoisotopic (exact) mass is 688 g/mol. The highest BCUT2D eigenvalue weighted by atomic mass is 19.2. The van der Waals surface area contributed by atoms with Gasteiger partial charge in [0.05, 0.1) is 39.5 Å². The topological polar surface area (TPSA) is 143 Å². The van der Waals surface area contributed by atoms with Gasteiger partial charge in [-0.25, -0.2) is 52.7 Å². The van der Waals surface area contributed by atoms with Gasteiger partial charge >= 0.3 is 0 Å². The van der Waals surface area contributed by atoms with Gasteiger partial charge in [-0.2, -0.15) is 31.6 Å². The summed E-state index contributed by atoms with van der Waals surface area (Å²) >= 11 is 0. The molecular weight excluding hydrogens is 684 g/mol. The molecule has 0 radical (unpaired) electrons. The van der Waals surface area contributed by atoms with Gasteiger partial charge in [0.25, 0.3) is 0 Å². The summed E-state index contributed by atoms with van der Waals surface area (Å²) in [7, 11) is 0. The van der Waals surface area contributed by atoms with Crippen LogP contribution in [0.3, 0.4) is 0 Å². The van der Waals surface area contributed by atoms with Crippen molar-refractivity contribution < 1.29 is 52.7 Å². The maximum absolute atomic E-state index is 15.5. The molecule has 2 aliphatic carbocycles. The first kappa shape index (κ1) is 35.1. The lowest BCUT2D eigenvalue weighted by Crippen LogP contribution is -2.34. The lowest BCUT2D eigenvalue weighted by Gasteiger charge is -2.28. The molecule has 18 heteroatoms. The van der Waals surface area contributed by atoms with Crippen molar-refractivity contribution in [1.29, 1.82) is 31.6 Å². The Morgan fingerprint density at radius 2 is 0.857 bits per heavy atom. The molecule has 2 aliphatic rings. The Bertz CT molecular complexity index is 2210. The number of nitriles is 6. The normalized spacial score (nSPS) is 20.4. The van der Waals surface area contributed by atoms with E-state index in [1.807, 2.05) is 0 Å². The molecule has 2 unspecified atom stereocenters. The minimum Gasteiger partial charge on any atom is -0.234 e. The minimum absolute atomic E-state index is 0.198. The number of allylic oxidation sites excluding steroid dienone is 10. The molecule has 2 aromatic rings. The van der Waals surface area contributed by atoms with Gasteiger partial charge in [-0.1, -0.05) is 0 Å². The zero-order chi connectivity index (χ0) is 37.0. The van der Waals surface area contributed by atoms with Gasteiger partial charge < -0.3 is 0 Å². The first-order valence-corrected chi connectivity index (χ1v) is 12.5. The van der Waals surface area contributed by atoms with Crippen LogP contribution in [0.25, 0.3) is 11.1 Å². The molecule has 0 bridgehead atoms. The Morgan fingerprint density at radius 1 is 0.531 bits per heavy atom. The first-order chi connectivity index (χ1) is 23.0. The molecule has 1 fully saturated rings. The first-order valence-electron chi connectivity index (χ1n) is 12.5.